The molecular weight excluding hydrogens is 400 g/mol. The molecule has 1 aromatic rings. The Bertz CT molecular complexity index is 926. The van der Waals surface area contributed by atoms with Crippen LogP contribution in [0.25, 0.3) is 0 Å². The molecule has 0 saturated carbocycles. The van der Waals surface area contributed by atoms with E-state index in [0.717, 1.165) is 41.7 Å². The van der Waals surface area contributed by atoms with Gasteiger partial charge in [-0.25, -0.2) is 9.59 Å². The Morgan fingerprint density at radius 1 is 1.10 bits per heavy atom. The molecule has 0 radical (unpaired) electrons. The molecule has 3 atom stereocenters. The molecule has 3 unspecified atom stereocenters. The minimum atomic E-state index is -0.239. The van der Waals surface area contributed by atoms with Crippen LogP contribution in [0.1, 0.15) is 53.8 Å². The van der Waals surface area contributed by atoms with Crippen LogP contribution in [-0.4, -0.2) is 54.7 Å². The number of rotatable bonds is 6. The predicted octanol–water partition coefficient (Wildman–Crippen LogP) is 2.41. The summed E-state index contributed by atoms with van der Waals surface area (Å²) in [4.78, 5) is 22.9. The molecule has 1 aromatic carbocycles. The quantitative estimate of drug-likeness (QED) is 0.529. The van der Waals surface area contributed by atoms with Crippen LogP contribution in [0.5, 0.6) is 0 Å². The summed E-state index contributed by atoms with van der Waals surface area (Å²) in [5.74, 6) is -0.127. The lowest BCUT2D eigenvalue weighted by molar-refractivity contribution is -0.135. The summed E-state index contributed by atoms with van der Waals surface area (Å²) in [5, 5.41) is 18.1. The Balaban J connectivity index is 0.000000150. The van der Waals surface area contributed by atoms with E-state index in [1.165, 1.54) is 0 Å². The second-order valence-corrected chi connectivity index (χ2v) is 8.04. The van der Waals surface area contributed by atoms with Crippen molar-refractivity contribution in [2.24, 2.45) is 5.92 Å². The predicted molar refractivity (Wildman–Crippen MR) is 111 cm³/mol. The van der Waals surface area contributed by atoms with Crippen LogP contribution >= 0.6 is 0 Å². The van der Waals surface area contributed by atoms with E-state index in [2.05, 4.69) is 0 Å². The van der Waals surface area contributed by atoms with Crippen molar-refractivity contribution < 1.29 is 34.0 Å². The van der Waals surface area contributed by atoms with Crippen LogP contribution < -0.4 is 0 Å². The summed E-state index contributed by atoms with van der Waals surface area (Å²) in [6.07, 6.45) is 4.91. The van der Waals surface area contributed by atoms with Crippen molar-refractivity contribution in [3.05, 3.63) is 57.7 Å². The van der Waals surface area contributed by atoms with Gasteiger partial charge in [-0.15, -0.1) is 0 Å². The van der Waals surface area contributed by atoms with Gasteiger partial charge in [-0.2, -0.15) is 0 Å². The first-order chi connectivity index (χ1) is 15.1. The summed E-state index contributed by atoms with van der Waals surface area (Å²) in [7, 11) is 0. The van der Waals surface area contributed by atoms with Crippen LogP contribution in [0, 0.1) is 5.92 Å². The lowest BCUT2D eigenvalue weighted by Gasteiger charge is -2.22. The average molecular weight is 428 g/mol. The van der Waals surface area contributed by atoms with Crippen molar-refractivity contribution in [1.82, 2.24) is 0 Å². The number of ether oxygens (including phenoxy) is 3. The molecule has 5 rings (SSSR count). The van der Waals surface area contributed by atoms with E-state index in [1.807, 2.05) is 25.1 Å². The molecule has 2 saturated heterocycles. The fourth-order valence-corrected chi connectivity index (χ4v) is 4.67. The number of cyclic esters (lactones) is 2. The normalized spacial score (nSPS) is 25.8. The van der Waals surface area contributed by atoms with Gasteiger partial charge in [0.05, 0.1) is 23.8 Å². The van der Waals surface area contributed by atoms with Crippen LogP contribution in [0.3, 0.4) is 0 Å². The van der Waals surface area contributed by atoms with E-state index in [0.29, 0.717) is 36.5 Å². The van der Waals surface area contributed by atoms with Crippen molar-refractivity contribution in [1.29, 1.82) is 0 Å². The highest BCUT2D eigenvalue weighted by atomic mass is 16.6. The molecule has 0 bridgehead atoms. The van der Waals surface area contributed by atoms with Crippen molar-refractivity contribution in [2.75, 3.05) is 26.4 Å². The summed E-state index contributed by atoms with van der Waals surface area (Å²) >= 11 is 0. The maximum Gasteiger partial charge on any atom is 0.339 e. The number of aliphatic hydroxyl groups excluding tert-OH is 2. The van der Waals surface area contributed by atoms with Crippen LogP contribution in [0.2, 0.25) is 0 Å². The summed E-state index contributed by atoms with van der Waals surface area (Å²) in [6, 6.07) is 5.57. The highest BCUT2D eigenvalue weighted by Gasteiger charge is 2.40. The Morgan fingerprint density at radius 3 is 2.55 bits per heavy atom. The van der Waals surface area contributed by atoms with Gasteiger partial charge in [-0.3, -0.25) is 0 Å². The summed E-state index contributed by atoms with van der Waals surface area (Å²) < 4.78 is 15.6. The molecule has 4 aliphatic rings. The Morgan fingerprint density at radius 2 is 1.87 bits per heavy atom. The number of epoxide rings is 1. The van der Waals surface area contributed by atoms with Crippen molar-refractivity contribution >= 4 is 11.9 Å². The van der Waals surface area contributed by atoms with Crippen molar-refractivity contribution in [2.45, 2.75) is 44.8 Å². The first-order valence-corrected chi connectivity index (χ1v) is 10.8. The lowest BCUT2D eigenvalue weighted by atomic mass is 9.80. The van der Waals surface area contributed by atoms with E-state index in [-0.39, 0.29) is 37.4 Å². The molecule has 0 spiro atoms. The molecule has 31 heavy (non-hydrogen) atoms. The monoisotopic (exact) mass is 428 g/mol. The highest BCUT2D eigenvalue weighted by molar-refractivity contribution is 5.97. The first-order valence-electron chi connectivity index (χ1n) is 10.8. The van der Waals surface area contributed by atoms with Crippen LogP contribution in [0.4, 0.5) is 0 Å². The maximum absolute atomic E-state index is 11.5. The van der Waals surface area contributed by atoms with Gasteiger partial charge in [0.25, 0.3) is 0 Å². The largest absolute Gasteiger partial charge is 0.457 e. The SMILES string of the molecule is CCC1OC(=O)c2cccc(CCO)c21.O=C1OCC2=C(CCO)C(C3CO3)CC=C12. The summed E-state index contributed by atoms with van der Waals surface area (Å²) in [6.45, 7) is 3.36. The molecule has 2 N–H and O–H groups in total. The Labute approximate surface area is 181 Å². The summed E-state index contributed by atoms with van der Waals surface area (Å²) in [5.41, 5.74) is 5.51. The number of benzene rings is 1. The van der Waals surface area contributed by atoms with Gasteiger partial charge in [0.2, 0.25) is 0 Å². The van der Waals surface area contributed by atoms with Crippen molar-refractivity contribution in [3.8, 4) is 0 Å². The molecule has 3 aliphatic heterocycles. The lowest BCUT2D eigenvalue weighted by Crippen LogP contribution is -2.18. The van der Waals surface area contributed by atoms with Crippen molar-refractivity contribution in [3.63, 3.8) is 0 Å². The number of aliphatic hydroxyl groups is 2. The number of carbonyl (C=O) groups excluding carboxylic acids is 2. The number of hydrogen-bond donors (Lipinski definition) is 2. The van der Waals surface area contributed by atoms with E-state index in [1.54, 1.807) is 6.07 Å². The Hall–Kier alpha value is -2.48. The Kier molecular flexibility index (Phi) is 6.55. The third-order valence-corrected chi connectivity index (χ3v) is 6.23. The minimum absolute atomic E-state index is 0.0983. The first kappa shape index (κ1) is 21.7. The average Bonchev–Trinajstić information content (AvgIpc) is 3.47. The van der Waals surface area contributed by atoms with Gasteiger partial charge in [0.15, 0.2) is 0 Å². The third-order valence-electron chi connectivity index (χ3n) is 6.23. The molecule has 7 nitrogen and oxygen atoms in total. The molecular formula is C24H28O7. The fraction of sp³-hybridized carbons (Fsp3) is 0.500. The number of carbonyl (C=O) groups is 2. The molecule has 0 aromatic heterocycles. The van der Waals surface area contributed by atoms with Gasteiger partial charge < -0.3 is 24.4 Å². The van der Waals surface area contributed by atoms with Crippen LogP contribution in [-0.2, 0) is 25.4 Å². The number of allylic oxidation sites excluding steroid dienone is 1. The number of esters is 2. The van der Waals surface area contributed by atoms with E-state index >= 15 is 0 Å². The van der Waals surface area contributed by atoms with E-state index in [9.17, 15) is 9.59 Å². The molecule has 166 valence electrons. The number of hydrogen-bond acceptors (Lipinski definition) is 7. The van der Waals surface area contributed by atoms with Gasteiger partial charge in [0.1, 0.15) is 12.7 Å². The van der Waals surface area contributed by atoms with Crippen LogP contribution in [0.15, 0.2) is 41.0 Å². The van der Waals surface area contributed by atoms with Gasteiger partial charge >= 0.3 is 11.9 Å². The van der Waals surface area contributed by atoms with Gasteiger partial charge in [0, 0.05) is 30.3 Å². The molecule has 1 aliphatic carbocycles. The molecule has 0 amide bonds. The zero-order valence-corrected chi connectivity index (χ0v) is 17.6. The molecule has 2 fully saturated rings. The standard InChI is InChI=1S/C12H14O4.C12H14O3/c13-4-3-7-8(11-6-15-11)1-2-9-10(7)5-16-12(9)14;1-2-10-11-8(6-7-13)4-3-5-9(11)12(14)15-10/h2,8,11,13H,1,3-6H2;3-5,10,13H,2,6-7H2,1H3. The van der Waals surface area contributed by atoms with E-state index < -0.39 is 0 Å². The molecule has 7 heteroatoms. The zero-order valence-electron chi connectivity index (χ0n) is 17.6. The second-order valence-electron chi connectivity index (χ2n) is 8.04. The maximum atomic E-state index is 11.5. The third kappa shape index (κ3) is 4.31. The zero-order chi connectivity index (χ0) is 22.0. The topological polar surface area (TPSA) is 106 Å². The fourth-order valence-electron chi connectivity index (χ4n) is 4.67. The second kappa shape index (κ2) is 9.34. The smallest absolute Gasteiger partial charge is 0.339 e. The number of fused-ring (bicyclic) bond motifs is 2. The van der Waals surface area contributed by atoms with Gasteiger partial charge in [-0.1, -0.05) is 30.7 Å². The van der Waals surface area contributed by atoms with Gasteiger partial charge in [-0.05, 0) is 37.3 Å². The molecule has 3 heterocycles. The minimum Gasteiger partial charge on any atom is -0.457 e. The van der Waals surface area contributed by atoms with E-state index in [4.69, 9.17) is 24.4 Å². The highest BCUT2D eigenvalue weighted by Crippen LogP contribution is 2.41.